The van der Waals surface area contributed by atoms with Crippen molar-refractivity contribution < 1.29 is 9.53 Å². The molecule has 0 radical (unpaired) electrons. The van der Waals surface area contributed by atoms with Crippen molar-refractivity contribution in [2.45, 2.75) is 0 Å². The molecule has 0 bridgehead atoms. The van der Waals surface area contributed by atoms with Crippen LogP contribution in [-0.2, 0) is 4.79 Å². The maximum Gasteiger partial charge on any atom is 0.238 e. The van der Waals surface area contributed by atoms with Crippen LogP contribution in [0.2, 0.25) is 0 Å². The van der Waals surface area contributed by atoms with Gasteiger partial charge in [0.15, 0.2) is 5.13 Å². The van der Waals surface area contributed by atoms with Crippen LogP contribution >= 0.6 is 27.3 Å². The van der Waals surface area contributed by atoms with Gasteiger partial charge in [0.05, 0.1) is 25.0 Å². The summed E-state index contributed by atoms with van der Waals surface area (Å²) in [6.07, 6.45) is 0. The highest BCUT2D eigenvalue weighted by Gasteiger charge is 2.21. The predicted molar refractivity (Wildman–Crippen MR) is 126 cm³/mol. The first-order valence-electron chi connectivity index (χ1n) is 9.74. The molecule has 0 atom stereocenters. The number of rotatable bonds is 6. The van der Waals surface area contributed by atoms with Crippen LogP contribution < -0.4 is 15.0 Å². The maximum absolute atomic E-state index is 12.4. The molecule has 1 aromatic heterocycles. The van der Waals surface area contributed by atoms with E-state index >= 15 is 0 Å². The topological polar surface area (TPSA) is 57.7 Å². The second kappa shape index (κ2) is 9.59. The second-order valence-corrected chi connectivity index (χ2v) is 8.73. The monoisotopic (exact) mass is 486 g/mol. The number of para-hydroxylation sites is 1. The summed E-state index contributed by atoms with van der Waals surface area (Å²) in [4.78, 5) is 21.7. The van der Waals surface area contributed by atoms with Gasteiger partial charge in [-0.3, -0.25) is 9.69 Å². The molecule has 2 heterocycles. The molecule has 4 rings (SSSR count). The third-order valence-corrected chi connectivity index (χ3v) is 6.61. The number of nitrogens with zero attached hydrogens (tertiary/aromatic N) is 3. The largest absolute Gasteiger partial charge is 0.497 e. The van der Waals surface area contributed by atoms with Crippen molar-refractivity contribution in [3.8, 4) is 17.0 Å². The van der Waals surface area contributed by atoms with E-state index in [1.54, 1.807) is 18.4 Å². The van der Waals surface area contributed by atoms with Crippen molar-refractivity contribution >= 4 is 44.0 Å². The molecule has 0 spiro atoms. The van der Waals surface area contributed by atoms with Crippen LogP contribution in [0, 0.1) is 0 Å². The number of hydrogen-bond donors (Lipinski definition) is 1. The Kier molecular flexibility index (Phi) is 6.66. The van der Waals surface area contributed by atoms with Crippen molar-refractivity contribution in [2.75, 3.05) is 50.1 Å². The molecule has 6 nitrogen and oxygen atoms in total. The lowest BCUT2D eigenvalue weighted by atomic mass is 10.2. The summed E-state index contributed by atoms with van der Waals surface area (Å²) in [6, 6.07) is 15.6. The van der Waals surface area contributed by atoms with Gasteiger partial charge in [-0.25, -0.2) is 4.98 Å². The molecular weight excluding hydrogens is 464 g/mol. The van der Waals surface area contributed by atoms with Crippen LogP contribution in [0.5, 0.6) is 5.75 Å². The molecular formula is C22H23BrN4O2S. The van der Waals surface area contributed by atoms with Crippen LogP contribution in [0.3, 0.4) is 0 Å². The lowest BCUT2D eigenvalue weighted by Gasteiger charge is -2.34. The molecule has 30 heavy (non-hydrogen) atoms. The molecule has 1 aliphatic rings. The number of halogens is 1. The fourth-order valence-electron chi connectivity index (χ4n) is 3.38. The molecule has 1 amide bonds. The average Bonchev–Trinajstić information content (AvgIpc) is 3.26. The van der Waals surface area contributed by atoms with Gasteiger partial charge >= 0.3 is 0 Å². The number of methoxy groups -OCH3 is 1. The van der Waals surface area contributed by atoms with Crippen molar-refractivity contribution in [3.05, 3.63) is 58.4 Å². The summed E-state index contributed by atoms with van der Waals surface area (Å²) in [5.74, 6) is 0.835. The molecule has 0 saturated carbocycles. The predicted octanol–water partition coefficient (Wildman–Crippen LogP) is 4.34. The Morgan fingerprint density at radius 1 is 1.17 bits per heavy atom. The van der Waals surface area contributed by atoms with Crippen molar-refractivity contribution in [2.24, 2.45) is 0 Å². The summed E-state index contributed by atoms with van der Waals surface area (Å²) < 4.78 is 6.20. The maximum atomic E-state index is 12.4. The number of carbonyl (C=O) groups excluding carboxylic acids is 1. The summed E-state index contributed by atoms with van der Waals surface area (Å²) in [5.41, 5.74) is 2.82. The molecule has 1 fully saturated rings. The summed E-state index contributed by atoms with van der Waals surface area (Å²) in [7, 11) is 1.67. The van der Waals surface area contributed by atoms with Gasteiger partial charge in [0.1, 0.15) is 5.75 Å². The summed E-state index contributed by atoms with van der Waals surface area (Å²) in [6.45, 7) is 3.76. The number of benzene rings is 2. The first-order chi connectivity index (χ1) is 14.6. The number of amides is 1. The first kappa shape index (κ1) is 20.8. The Bertz CT molecular complexity index is 1020. The van der Waals surface area contributed by atoms with Crippen molar-refractivity contribution in [1.82, 2.24) is 9.88 Å². The number of aromatic nitrogens is 1. The fraction of sp³-hybridized carbons (Fsp3) is 0.273. The standard InChI is InChI=1S/C22H23BrN4O2S/c1-29-17-6-4-5-16(13-17)20-15-30-22(25-20)27-11-9-26(10-12-27)14-21(28)24-19-8-3-2-7-18(19)23/h2-8,13,15H,9-12,14H2,1H3,(H,24,28). The van der Waals surface area contributed by atoms with Gasteiger partial charge in [-0.15, -0.1) is 11.3 Å². The highest BCUT2D eigenvalue weighted by molar-refractivity contribution is 9.10. The minimum absolute atomic E-state index is 0.00455. The molecule has 2 aromatic carbocycles. The Morgan fingerprint density at radius 2 is 1.97 bits per heavy atom. The van der Waals surface area contributed by atoms with Crippen LogP contribution in [0.1, 0.15) is 0 Å². The number of thiazole rings is 1. The van der Waals surface area contributed by atoms with E-state index in [1.165, 1.54) is 0 Å². The van der Waals surface area contributed by atoms with E-state index in [0.717, 1.165) is 58.5 Å². The minimum Gasteiger partial charge on any atom is -0.497 e. The number of carbonyl (C=O) groups is 1. The first-order valence-corrected chi connectivity index (χ1v) is 11.4. The average molecular weight is 487 g/mol. The molecule has 1 aliphatic heterocycles. The van der Waals surface area contributed by atoms with Gasteiger partial charge in [-0.05, 0) is 40.2 Å². The highest BCUT2D eigenvalue weighted by Crippen LogP contribution is 2.30. The number of hydrogen-bond acceptors (Lipinski definition) is 6. The van der Waals surface area contributed by atoms with Crippen molar-refractivity contribution in [1.29, 1.82) is 0 Å². The van der Waals surface area contributed by atoms with E-state index in [2.05, 4.69) is 36.4 Å². The Morgan fingerprint density at radius 3 is 2.73 bits per heavy atom. The van der Waals surface area contributed by atoms with Crippen LogP contribution in [0.25, 0.3) is 11.3 Å². The SMILES string of the molecule is COc1cccc(-c2csc(N3CCN(CC(=O)Nc4ccccc4Br)CC3)n2)c1. The van der Waals surface area contributed by atoms with Gasteiger partial charge < -0.3 is 15.0 Å². The quantitative estimate of drug-likeness (QED) is 0.561. The number of piperazine rings is 1. The Balaban J connectivity index is 1.31. The minimum atomic E-state index is 0.00455. The molecule has 1 N–H and O–H groups in total. The molecule has 0 aliphatic carbocycles. The van der Waals surface area contributed by atoms with Crippen LogP contribution in [0.15, 0.2) is 58.4 Å². The molecule has 0 unspecified atom stereocenters. The van der Waals surface area contributed by atoms with Crippen LogP contribution in [-0.4, -0.2) is 55.6 Å². The third kappa shape index (κ3) is 5.00. The zero-order chi connectivity index (χ0) is 20.9. The smallest absolute Gasteiger partial charge is 0.238 e. The summed E-state index contributed by atoms with van der Waals surface area (Å²) in [5, 5.41) is 6.07. The van der Waals surface area contributed by atoms with E-state index in [9.17, 15) is 4.79 Å². The van der Waals surface area contributed by atoms with Crippen LogP contribution in [0.4, 0.5) is 10.8 Å². The highest BCUT2D eigenvalue weighted by atomic mass is 79.9. The number of nitrogens with one attached hydrogen (secondary N) is 1. The van der Waals surface area contributed by atoms with Gasteiger partial charge in [0.2, 0.25) is 5.91 Å². The lowest BCUT2D eigenvalue weighted by molar-refractivity contribution is -0.117. The lowest BCUT2D eigenvalue weighted by Crippen LogP contribution is -2.48. The normalized spacial score (nSPS) is 14.5. The Hall–Kier alpha value is -2.42. The molecule has 1 saturated heterocycles. The number of anilines is 2. The van der Waals surface area contributed by atoms with E-state index in [0.29, 0.717) is 6.54 Å². The van der Waals surface area contributed by atoms with Gasteiger partial charge in [-0.2, -0.15) is 0 Å². The van der Waals surface area contributed by atoms with Gasteiger partial charge in [-0.1, -0.05) is 24.3 Å². The molecule has 156 valence electrons. The zero-order valence-corrected chi connectivity index (χ0v) is 19.1. The third-order valence-electron chi connectivity index (χ3n) is 5.02. The molecule has 8 heteroatoms. The molecule has 3 aromatic rings. The fourth-order valence-corrected chi connectivity index (χ4v) is 4.65. The van der Waals surface area contributed by atoms with E-state index in [4.69, 9.17) is 9.72 Å². The Labute approximate surface area is 188 Å². The zero-order valence-electron chi connectivity index (χ0n) is 16.7. The number of ether oxygens (including phenoxy) is 1. The summed E-state index contributed by atoms with van der Waals surface area (Å²) >= 11 is 5.12. The van der Waals surface area contributed by atoms with Crippen molar-refractivity contribution in [3.63, 3.8) is 0 Å². The van der Waals surface area contributed by atoms with E-state index in [1.807, 2.05) is 48.5 Å². The van der Waals surface area contributed by atoms with E-state index in [-0.39, 0.29) is 5.91 Å². The van der Waals surface area contributed by atoms with Gasteiger partial charge in [0.25, 0.3) is 0 Å². The second-order valence-electron chi connectivity index (χ2n) is 7.04. The van der Waals surface area contributed by atoms with Gasteiger partial charge in [0, 0.05) is 41.6 Å². The van der Waals surface area contributed by atoms with E-state index < -0.39 is 0 Å².